The van der Waals surface area contributed by atoms with Gasteiger partial charge in [-0.3, -0.25) is 0 Å². The van der Waals surface area contributed by atoms with Crippen molar-refractivity contribution in [2.24, 2.45) is 4.99 Å². The molecule has 0 spiro atoms. The molecule has 6 nitrogen and oxygen atoms in total. The normalized spacial score (nSPS) is 11.4. The van der Waals surface area contributed by atoms with Gasteiger partial charge in [0.2, 0.25) is 5.88 Å². The third-order valence-corrected chi connectivity index (χ3v) is 4.12. The summed E-state index contributed by atoms with van der Waals surface area (Å²) in [4.78, 5) is 8.99. The highest BCUT2D eigenvalue weighted by molar-refractivity contribution is 5.79. The number of ether oxygens (including phenoxy) is 2. The summed E-state index contributed by atoms with van der Waals surface area (Å²) in [7, 11) is 1.65. The number of aliphatic imine (C=N–C) groups is 1. The van der Waals surface area contributed by atoms with E-state index in [4.69, 9.17) is 9.47 Å². The Hall–Kier alpha value is -2.60. The van der Waals surface area contributed by atoms with E-state index in [1.54, 1.807) is 13.3 Å². The third kappa shape index (κ3) is 7.56. The number of benzene rings is 1. The van der Waals surface area contributed by atoms with E-state index >= 15 is 0 Å². The van der Waals surface area contributed by atoms with Gasteiger partial charge in [0.25, 0.3) is 0 Å². The van der Waals surface area contributed by atoms with Crippen molar-refractivity contribution in [3.8, 4) is 5.88 Å². The van der Waals surface area contributed by atoms with Crippen molar-refractivity contribution in [1.29, 1.82) is 0 Å². The number of pyridine rings is 1. The zero-order chi connectivity index (χ0) is 20.2. The first-order chi connectivity index (χ1) is 13.6. The van der Waals surface area contributed by atoms with Crippen molar-refractivity contribution in [2.45, 2.75) is 33.7 Å². The maximum atomic E-state index is 5.68. The molecule has 0 saturated carbocycles. The van der Waals surface area contributed by atoms with Crippen LogP contribution in [0.5, 0.6) is 5.88 Å². The van der Waals surface area contributed by atoms with Gasteiger partial charge in [-0.2, -0.15) is 0 Å². The van der Waals surface area contributed by atoms with E-state index in [0.717, 1.165) is 31.0 Å². The van der Waals surface area contributed by atoms with E-state index in [-0.39, 0.29) is 0 Å². The van der Waals surface area contributed by atoms with Crippen molar-refractivity contribution in [2.75, 3.05) is 33.4 Å². The zero-order valence-corrected chi connectivity index (χ0v) is 17.4. The number of aromatic nitrogens is 1. The van der Waals surface area contributed by atoms with Gasteiger partial charge in [-0.25, -0.2) is 9.98 Å². The average molecular weight is 385 g/mol. The molecule has 0 amide bonds. The fraction of sp³-hybridized carbons (Fsp3) is 0.455. The molecule has 0 unspecified atom stereocenters. The SMILES string of the molecule is CCNC(=NCc1cccnc1OCCOC)NCCc1cc(C)cc(C)c1. The van der Waals surface area contributed by atoms with Crippen LogP contribution in [0, 0.1) is 13.8 Å². The molecule has 0 aliphatic heterocycles. The van der Waals surface area contributed by atoms with E-state index in [1.807, 2.05) is 12.1 Å². The molecule has 1 aromatic carbocycles. The van der Waals surface area contributed by atoms with Crippen LogP contribution in [0.15, 0.2) is 41.5 Å². The predicted molar refractivity (Wildman–Crippen MR) is 114 cm³/mol. The quantitative estimate of drug-likeness (QED) is 0.374. The fourth-order valence-corrected chi connectivity index (χ4v) is 2.94. The highest BCUT2D eigenvalue weighted by atomic mass is 16.5. The predicted octanol–water partition coefficient (Wildman–Crippen LogP) is 3.02. The zero-order valence-electron chi connectivity index (χ0n) is 17.4. The molecule has 1 aromatic heterocycles. The lowest BCUT2D eigenvalue weighted by Crippen LogP contribution is -2.38. The fourth-order valence-electron chi connectivity index (χ4n) is 2.94. The lowest BCUT2D eigenvalue weighted by Gasteiger charge is -2.13. The minimum absolute atomic E-state index is 0.471. The average Bonchev–Trinajstić information content (AvgIpc) is 2.66. The molecule has 0 fully saturated rings. The maximum absolute atomic E-state index is 5.68. The van der Waals surface area contributed by atoms with Gasteiger partial charge >= 0.3 is 0 Å². The highest BCUT2D eigenvalue weighted by Gasteiger charge is 2.05. The van der Waals surface area contributed by atoms with Gasteiger partial charge in [-0.1, -0.05) is 35.4 Å². The molecule has 0 atom stereocenters. The number of hydrogen-bond donors (Lipinski definition) is 2. The van der Waals surface area contributed by atoms with Crippen molar-refractivity contribution < 1.29 is 9.47 Å². The lowest BCUT2D eigenvalue weighted by atomic mass is 10.1. The largest absolute Gasteiger partial charge is 0.475 e. The summed E-state index contributed by atoms with van der Waals surface area (Å²) in [5.41, 5.74) is 4.88. The summed E-state index contributed by atoms with van der Waals surface area (Å²) in [5, 5.41) is 6.70. The molecule has 0 bridgehead atoms. The molecular formula is C22H32N4O2. The molecule has 1 heterocycles. The Morgan fingerprint density at radius 2 is 1.89 bits per heavy atom. The van der Waals surface area contributed by atoms with Crippen LogP contribution < -0.4 is 15.4 Å². The molecule has 0 radical (unpaired) electrons. The molecule has 28 heavy (non-hydrogen) atoms. The number of guanidine groups is 1. The third-order valence-electron chi connectivity index (χ3n) is 4.12. The molecule has 0 saturated heterocycles. The summed E-state index contributed by atoms with van der Waals surface area (Å²) in [6.07, 6.45) is 2.67. The van der Waals surface area contributed by atoms with Crippen LogP contribution in [0.3, 0.4) is 0 Å². The second-order valence-corrected chi connectivity index (χ2v) is 6.68. The van der Waals surface area contributed by atoms with Crippen molar-refractivity contribution in [3.05, 3.63) is 58.8 Å². The highest BCUT2D eigenvalue weighted by Crippen LogP contribution is 2.15. The van der Waals surface area contributed by atoms with Crippen LogP contribution >= 0.6 is 0 Å². The first kappa shape index (κ1) is 21.7. The Bertz CT molecular complexity index is 742. The van der Waals surface area contributed by atoms with E-state index in [9.17, 15) is 0 Å². The molecule has 152 valence electrons. The van der Waals surface area contributed by atoms with Gasteiger partial charge in [0.1, 0.15) is 6.61 Å². The second kappa shape index (κ2) is 12.0. The maximum Gasteiger partial charge on any atom is 0.218 e. The summed E-state index contributed by atoms with van der Waals surface area (Å²) in [6, 6.07) is 10.5. The summed E-state index contributed by atoms with van der Waals surface area (Å²) >= 11 is 0. The molecule has 0 aliphatic rings. The number of aryl methyl sites for hydroxylation is 2. The Morgan fingerprint density at radius 3 is 2.61 bits per heavy atom. The number of rotatable bonds is 10. The van der Waals surface area contributed by atoms with Crippen LogP contribution in [-0.2, 0) is 17.7 Å². The Kier molecular flexibility index (Phi) is 9.28. The Labute approximate surface area is 168 Å². The van der Waals surface area contributed by atoms with Gasteiger partial charge in [0, 0.05) is 32.0 Å². The summed E-state index contributed by atoms with van der Waals surface area (Å²) in [5.74, 6) is 1.40. The standard InChI is InChI=1S/C22H32N4O2/c1-5-23-22(25-10-8-19-14-17(2)13-18(3)15-19)26-16-20-7-6-9-24-21(20)28-12-11-27-4/h6-7,9,13-15H,5,8,10-12,16H2,1-4H3,(H2,23,25,26). The van der Waals surface area contributed by atoms with Gasteiger partial charge in [-0.15, -0.1) is 0 Å². The van der Waals surface area contributed by atoms with Gasteiger partial charge in [0.05, 0.1) is 13.2 Å². The van der Waals surface area contributed by atoms with Gasteiger partial charge < -0.3 is 20.1 Å². The molecule has 2 N–H and O–H groups in total. The first-order valence-electron chi connectivity index (χ1n) is 9.77. The van der Waals surface area contributed by atoms with Crippen LogP contribution in [0.1, 0.15) is 29.2 Å². The smallest absolute Gasteiger partial charge is 0.218 e. The van der Waals surface area contributed by atoms with Gasteiger partial charge in [-0.05, 0) is 38.8 Å². The number of nitrogens with zero attached hydrogens (tertiary/aromatic N) is 2. The van der Waals surface area contributed by atoms with E-state index in [0.29, 0.717) is 25.6 Å². The van der Waals surface area contributed by atoms with E-state index < -0.39 is 0 Å². The van der Waals surface area contributed by atoms with Crippen molar-refractivity contribution in [1.82, 2.24) is 15.6 Å². The lowest BCUT2D eigenvalue weighted by molar-refractivity contribution is 0.143. The molecular weight excluding hydrogens is 352 g/mol. The monoisotopic (exact) mass is 384 g/mol. The number of hydrogen-bond acceptors (Lipinski definition) is 4. The minimum Gasteiger partial charge on any atom is -0.475 e. The minimum atomic E-state index is 0.471. The van der Waals surface area contributed by atoms with Crippen LogP contribution in [0.4, 0.5) is 0 Å². The summed E-state index contributed by atoms with van der Waals surface area (Å²) < 4.78 is 10.7. The van der Waals surface area contributed by atoms with Crippen molar-refractivity contribution >= 4 is 5.96 Å². The van der Waals surface area contributed by atoms with Crippen LogP contribution in [0.2, 0.25) is 0 Å². The Morgan fingerprint density at radius 1 is 1.11 bits per heavy atom. The Balaban J connectivity index is 1.94. The topological polar surface area (TPSA) is 67.8 Å². The van der Waals surface area contributed by atoms with E-state index in [1.165, 1.54) is 16.7 Å². The second-order valence-electron chi connectivity index (χ2n) is 6.68. The van der Waals surface area contributed by atoms with E-state index in [2.05, 4.69) is 59.6 Å². The van der Waals surface area contributed by atoms with Crippen LogP contribution in [0.25, 0.3) is 0 Å². The van der Waals surface area contributed by atoms with Crippen LogP contribution in [-0.4, -0.2) is 44.4 Å². The molecule has 0 aliphatic carbocycles. The number of methoxy groups -OCH3 is 1. The molecule has 2 aromatic rings. The number of nitrogens with one attached hydrogen (secondary N) is 2. The molecule has 6 heteroatoms. The van der Waals surface area contributed by atoms with Crippen molar-refractivity contribution in [3.63, 3.8) is 0 Å². The first-order valence-corrected chi connectivity index (χ1v) is 9.77. The van der Waals surface area contributed by atoms with Gasteiger partial charge in [0.15, 0.2) is 5.96 Å². The summed E-state index contributed by atoms with van der Waals surface area (Å²) in [6.45, 7) is 9.45. The molecule has 2 rings (SSSR count).